The maximum atomic E-state index is 11.5. The van der Waals surface area contributed by atoms with Crippen LogP contribution in [-0.4, -0.2) is 37.2 Å². The molecule has 19 heavy (non-hydrogen) atoms. The second-order valence-corrected chi connectivity index (χ2v) is 3.65. The topological polar surface area (TPSA) is 78.9 Å². The van der Waals surface area contributed by atoms with E-state index in [4.69, 9.17) is 14.2 Å². The van der Waals surface area contributed by atoms with E-state index < -0.39 is 24.1 Å². The van der Waals surface area contributed by atoms with Gasteiger partial charge < -0.3 is 14.2 Å². The van der Waals surface area contributed by atoms with Gasteiger partial charge in [0.25, 0.3) is 0 Å². The maximum Gasteiger partial charge on any atom is 0.330 e. The summed E-state index contributed by atoms with van der Waals surface area (Å²) < 4.78 is 14.9. The lowest BCUT2D eigenvalue weighted by atomic mass is 10.1. The summed E-state index contributed by atoms with van der Waals surface area (Å²) in [4.78, 5) is 33.5. The van der Waals surface area contributed by atoms with Gasteiger partial charge >= 0.3 is 11.9 Å². The Bertz CT molecular complexity index is 360. The molecule has 0 aromatic heterocycles. The van der Waals surface area contributed by atoms with Crippen LogP contribution in [0.25, 0.3) is 0 Å². The summed E-state index contributed by atoms with van der Waals surface area (Å²) in [6.07, 6.45) is 1.30. The van der Waals surface area contributed by atoms with Crippen LogP contribution in [0.3, 0.4) is 0 Å². The summed E-state index contributed by atoms with van der Waals surface area (Å²) in [5, 5.41) is 0. The van der Waals surface area contributed by atoms with Gasteiger partial charge in [0.05, 0.1) is 6.61 Å². The molecular formula is C13H18O6. The van der Waals surface area contributed by atoms with Crippen LogP contribution >= 0.6 is 0 Å². The fraction of sp³-hybridized carbons (Fsp3) is 0.462. The van der Waals surface area contributed by atoms with Crippen molar-refractivity contribution in [3.63, 3.8) is 0 Å². The van der Waals surface area contributed by atoms with Gasteiger partial charge in [-0.25, -0.2) is 4.79 Å². The molecule has 0 N–H and O–H groups in total. The molecule has 0 rings (SSSR count). The number of rotatable bonds is 9. The molecule has 2 atom stereocenters. The summed E-state index contributed by atoms with van der Waals surface area (Å²) in [6.45, 7) is 9.01. The number of ketones is 1. The van der Waals surface area contributed by atoms with Crippen molar-refractivity contribution in [3.8, 4) is 0 Å². The Labute approximate surface area is 112 Å². The number of ether oxygens (including phenoxy) is 3. The molecule has 0 radical (unpaired) electrons. The van der Waals surface area contributed by atoms with E-state index in [0.717, 1.165) is 6.08 Å². The molecule has 6 heteroatoms. The molecule has 0 saturated carbocycles. The third-order valence-corrected chi connectivity index (χ3v) is 2.08. The highest BCUT2D eigenvalue weighted by atomic mass is 16.7. The molecule has 0 bridgehead atoms. The molecule has 0 aliphatic carbocycles. The molecule has 0 aromatic rings. The van der Waals surface area contributed by atoms with Crippen molar-refractivity contribution in [2.75, 3.05) is 13.2 Å². The smallest absolute Gasteiger partial charge is 0.330 e. The quantitative estimate of drug-likeness (QED) is 0.269. The van der Waals surface area contributed by atoms with Crippen molar-refractivity contribution in [1.29, 1.82) is 0 Å². The van der Waals surface area contributed by atoms with E-state index in [-0.39, 0.29) is 19.0 Å². The molecule has 106 valence electrons. The van der Waals surface area contributed by atoms with E-state index in [9.17, 15) is 14.4 Å². The fourth-order valence-electron chi connectivity index (χ4n) is 1.18. The minimum atomic E-state index is -1.12. The second-order valence-electron chi connectivity index (χ2n) is 3.65. The number of carbonyl (C=O) groups is 3. The standard InChI is InChI=1S/C13H18O6/c1-5-7-17-13(19-10(4)15)11(9(3)14)8-18-12(16)6-2/h5-6,11,13H,1-2,7-8H2,3-4H3. The SMILES string of the molecule is C=CCOC(OC(C)=O)C(COC(=O)C=C)C(C)=O. The zero-order chi connectivity index (χ0) is 14.8. The largest absolute Gasteiger partial charge is 0.462 e. The molecule has 0 heterocycles. The first-order chi connectivity index (χ1) is 8.92. The van der Waals surface area contributed by atoms with E-state index in [1.165, 1.54) is 19.9 Å². The Kier molecular flexibility index (Phi) is 8.12. The van der Waals surface area contributed by atoms with E-state index in [1.54, 1.807) is 0 Å². The molecule has 6 nitrogen and oxygen atoms in total. The number of carbonyl (C=O) groups excluding carboxylic acids is 3. The van der Waals surface area contributed by atoms with Crippen LogP contribution in [-0.2, 0) is 28.6 Å². The first-order valence-electron chi connectivity index (χ1n) is 5.61. The van der Waals surface area contributed by atoms with E-state index >= 15 is 0 Å². The highest BCUT2D eigenvalue weighted by Gasteiger charge is 2.30. The number of hydrogen-bond donors (Lipinski definition) is 0. The lowest BCUT2D eigenvalue weighted by Crippen LogP contribution is -2.37. The summed E-state index contributed by atoms with van der Waals surface area (Å²) in [5.41, 5.74) is 0. The van der Waals surface area contributed by atoms with Crippen LogP contribution in [0.1, 0.15) is 13.8 Å². The monoisotopic (exact) mass is 270 g/mol. The molecule has 0 amide bonds. The molecular weight excluding hydrogens is 252 g/mol. The van der Waals surface area contributed by atoms with Crippen LogP contribution in [0, 0.1) is 5.92 Å². The number of Topliss-reactive ketones (excluding diaryl/α,β-unsaturated/α-hetero) is 1. The van der Waals surface area contributed by atoms with Crippen molar-refractivity contribution in [1.82, 2.24) is 0 Å². The molecule has 0 aromatic carbocycles. The lowest BCUT2D eigenvalue weighted by molar-refractivity contribution is -0.191. The normalized spacial score (nSPS) is 12.9. The average molecular weight is 270 g/mol. The highest BCUT2D eigenvalue weighted by Crippen LogP contribution is 2.13. The predicted octanol–water partition coefficient (Wildman–Crippen LogP) is 1.01. The summed E-state index contributed by atoms with van der Waals surface area (Å²) >= 11 is 0. The first-order valence-corrected chi connectivity index (χ1v) is 5.61. The van der Waals surface area contributed by atoms with Crippen LogP contribution in [0.5, 0.6) is 0 Å². The zero-order valence-corrected chi connectivity index (χ0v) is 11.1. The van der Waals surface area contributed by atoms with Gasteiger partial charge in [0.2, 0.25) is 6.29 Å². The Hall–Kier alpha value is -1.95. The van der Waals surface area contributed by atoms with Crippen molar-refractivity contribution in [2.45, 2.75) is 20.1 Å². The molecule has 0 aliphatic heterocycles. The predicted molar refractivity (Wildman–Crippen MR) is 67.0 cm³/mol. The van der Waals surface area contributed by atoms with Gasteiger partial charge in [0, 0.05) is 13.0 Å². The number of esters is 2. The Balaban J connectivity index is 4.76. The van der Waals surface area contributed by atoms with Crippen LogP contribution in [0.2, 0.25) is 0 Å². The maximum absolute atomic E-state index is 11.5. The minimum absolute atomic E-state index is 0.0944. The summed E-state index contributed by atoms with van der Waals surface area (Å²) in [6, 6.07) is 0. The van der Waals surface area contributed by atoms with Gasteiger partial charge in [-0.15, -0.1) is 6.58 Å². The Morgan fingerprint density at radius 3 is 2.26 bits per heavy atom. The Morgan fingerprint density at radius 1 is 1.21 bits per heavy atom. The van der Waals surface area contributed by atoms with Gasteiger partial charge in [-0.3, -0.25) is 9.59 Å². The van der Waals surface area contributed by atoms with Crippen LogP contribution in [0.15, 0.2) is 25.3 Å². The third kappa shape index (κ3) is 7.15. The average Bonchev–Trinajstić information content (AvgIpc) is 2.34. The van der Waals surface area contributed by atoms with Crippen LogP contribution in [0.4, 0.5) is 0 Å². The molecule has 0 aliphatic rings. The highest BCUT2D eigenvalue weighted by molar-refractivity contribution is 5.82. The zero-order valence-electron chi connectivity index (χ0n) is 11.1. The summed E-state index contributed by atoms with van der Waals surface area (Å²) in [7, 11) is 0. The van der Waals surface area contributed by atoms with Gasteiger partial charge in [-0.2, -0.15) is 0 Å². The van der Waals surface area contributed by atoms with Crippen molar-refractivity contribution < 1.29 is 28.6 Å². The van der Waals surface area contributed by atoms with E-state index in [2.05, 4.69) is 13.2 Å². The Morgan fingerprint density at radius 2 is 1.84 bits per heavy atom. The van der Waals surface area contributed by atoms with Crippen molar-refractivity contribution in [2.24, 2.45) is 5.92 Å². The van der Waals surface area contributed by atoms with Gasteiger partial charge in [0.1, 0.15) is 18.3 Å². The van der Waals surface area contributed by atoms with Crippen LogP contribution < -0.4 is 0 Å². The molecule has 0 saturated heterocycles. The minimum Gasteiger partial charge on any atom is -0.462 e. The van der Waals surface area contributed by atoms with E-state index in [1.807, 2.05) is 0 Å². The van der Waals surface area contributed by atoms with Gasteiger partial charge in [0.15, 0.2) is 0 Å². The first kappa shape index (κ1) is 17.1. The van der Waals surface area contributed by atoms with Crippen molar-refractivity contribution in [3.05, 3.63) is 25.3 Å². The molecule has 0 spiro atoms. The number of hydrogen-bond acceptors (Lipinski definition) is 6. The van der Waals surface area contributed by atoms with E-state index in [0.29, 0.717) is 0 Å². The summed E-state index contributed by atoms with van der Waals surface area (Å²) in [5.74, 6) is -2.49. The molecule has 2 unspecified atom stereocenters. The van der Waals surface area contributed by atoms with Gasteiger partial charge in [-0.05, 0) is 6.92 Å². The van der Waals surface area contributed by atoms with Gasteiger partial charge in [-0.1, -0.05) is 12.7 Å². The molecule has 0 fully saturated rings. The lowest BCUT2D eigenvalue weighted by Gasteiger charge is -2.23. The van der Waals surface area contributed by atoms with Crippen molar-refractivity contribution >= 4 is 17.7 Å². The second kappa shape index (κ2) is 9.04. The fourth-order valence-corrected chi connectivity index (χ4v) is 1.18. The third-order valence-electron chi connectivity index (χ3n) is 2.08.